The zero-order valence-electron chi connectivity index (χ0n) is 17.8. The standard InChI is InChI=1S/C25H24N4O2S/c1-31-22-12-6-5-11-20(22)23-21(17-29(27-23)19-9-3-2-4-10-19)25(30)28-14-7-8-18(16-28)24-26-13-15-32-24/h2-6,9-13,15,17-18H,7-8,14,16H2,1H3. The Balaban J connectivity index is 1.54. The lowest BCUT2D eigenvalue weighted by atomic mass is 9.97. The van der Waals surface area contributed by atoms with E-state index in [9.17, 15) is 4.79 Å². The Morgan fingerprint density at radius 1 is 1.12 bits per heavy atom. The number of likely N-dealkylation sites (tertiary alicyclic amines) is 1. The molecule has 0 radical (unpaired) electrons. The Morgan fingerprint density at radius 2 is 1.94 bits per heavy atom. The minimum Gasteiger partial charge on any atom is -0.496 e. The lowest BCUT2D eigenvalue weighted by Gasteiger charge is -2.31. The van der Waals surface area contributed by atoms with Crippen LogP contribution in [0.1, 0.15) is 34.1 Å². The molecule has 0 aliphatic carbocycles. The van der Waals surface area contributed by atoms with E-state index in [4.69, 9.17) is 9.84 Å². The summed E-state index contributed by atoms with van der Waals surface area (Å²) in [6.45, 7) is 1.41. The van der Waals surface area contributed by atoms with Crippen LogP contribution in [0.2, 0.25) is 0 Å². The molecule has 1 unspecified atom stereocenters. The summed E-state index contributed by atoms with van der Waals surface area (Å²) in [6.07, 6.45) is 5.70. The van der Waals surface area contributed by atoms with Gasteiger partial charge in [0.15, 0.2) is 0 Å². The number of methoxy groups -OCH3 is 1. The number of carbonyl (C=O) groups excluding carboxylic acids is 1. The SMILES string of the molecule is COc1ccccc1-c1nn(-c2ccccc2)cc1C(=O)N1CCCC(c2nccs2)C1. The van der Waals surface area contributed by atoms with Crippen molar-refractivity contribution >= 4 is 17.2 Å². The highest BCUT2D eigenvalue weighted by molar-refractivity contribution is 7.09. The van der Waals surface area contributed by atoms with Gasteiger partial charge in [-0.05, 0) is 37.1 Å². The van der Waals surface area contributed by atoms with Gasteiger partial charge < -0.3 is 9.64 Å². The Morgan fingerprint density at radius 3 is 2.72 bits per heavy atom. The first-order chi connectivity index (χ1) is 15.7. The van der Waals surface area contributed by atoms with E-state index in [0.717, 1.165) is 35.6 Å². The normalized spacial score (nSPS) is 16.2. The molecule has 0 saturated carbocycles. The van der Waals surface area contributed by atoms with Crippen LogP contribution < -0.4 is 4.74 Å². The number of benzene rings is 2. The van der Waals surface area contributed by atoms with Gasteiger partial charge in [0.25, 0.3) is 5.91 Å². The quantitative estimate of drug-likeness (QED) is 0.433. The first-order valence-electron chi connectivity index (χ1n) is 10.7. The molecule has 5 rings (SSSR count). The highest BCUT2D eigenvalue weighted by Gasteiger charge is 2.30. The number of hydrogen-bond acceptors (Lipinski definition) is 5. The lowest BCUT2D eigenvalue weighted by molar-refractivity contribution is 0.0708. The van der Waals surface area contributed by atoms with E-state index in [1.165, 1.54) is 0 Å². The number of amides is 1. The third-order valence-corrected chi connectivity index (χ3v) is 6.77. The molecule has 1 aliphatic heterocycles. The van der Waals surface area contributed by atoms with Gasteiger partial charge in [0.05, 0.1) is 23.4 Å². The molecule has 1 fully saturated rings. The van der Waals surface area contributed by atoms with Crippen LogP contribution in [-0.4, -0.2) is 45.8 Å². The predicted molar refractivity (Wildman–Crippen MR) is 126 cm³/mol. The van der Waals surface area contributed by atoms with Crippen molar-refractivity contribution in [1.82, 2.24) is 19.7 Å². The number of piperidine rings is 1. The third-order valence-electron chi connectivity index (χ3n) is 5.84. The van der Waals surface area contributed by atoms with Gasteiger partial charge in [0.2, 0.25) is 0 Å². The number of ether oxygens (including phenoxy) is 1. The molecular formula is C25H24N4O2S. The molecular weight excluding hydrogens is 420 g/mol. The van der Waals surface area contributed by atoms with Gasteiger partial charge in [0, 0.05) is 42.3 Å². The van der Waals surface area contributed by atoms with E-state index in [1.807, 2.05) is 77.3 Å². The van der Waals surface area contributed by atoms with Gasteiger partial charge in [0.1, 0.15) is 11.4 Å². The summed E-state index contributed by atoms with van der Waals surface area (Å²) in [5.41, 5.74) is 2.93. The maximum absolute atomic E-state index is 13.8. The average Bonchev–Trinajstić information content (AvgIpc) is 3.55. The number of hydrogen-bond donors (Lipinski definition) is 0. The van der Waals surface area contributed by atoms with Crippen LogP contribution in [0.3, 0.4) is 0 Å². The lowest BCUT2D eigenvalue weighted by Crippen LogP contribution is -2.39. The fourth-order valence-corrected chi connectivity index (χ4v) is 5.02. The van der Waals surface area contributed by atoms with Crippen LogP contribution in [-0.2, 0) is 0 Å². The summed E-state index contributed by atoms with van der Waals surface area (Å²) in [6, 6.07) is 17.5. The van der Waals surface area contributed by atoms with Crippen molar-refractivity contribution < 1.29 is 9.53 Å². The Bertz CT molecular complexity index is 1200. The van der Waals surface area contributed by atoms with E-state index in [-0.39, 0.29) is 11.8 Å². The van der Waals surface area contributed by atoms with Crippen LogP contribution in [0, 0.1) is 0 Å². The second-order valence-corrected chi connectivity index (χ2v) is 8.76. The van der Waals surface area contributed by atoms with Crippen molar-refractivity contribution in [1.29, 1.82) is 0 Å². The zero-order chi connectivity index (χ0) is 21.9. The topological polar surface area (TPSA) is 60.3 Å². The van der Waals surface area contributed by atoms with Crippen LogP contribution >= 0.6 is 11.3 Å². The van der Waals surface area contributed by atoms with Crippen molar-refractivity contribution in [3.63, 3.8) is 0 Å². The fourth-order valence-electron chi connectivity index (χ4n) is 4.25. The van der Waals surface area contributed by atoms with Gasteiger partial charge in [-0.15, -0.1) is 11.3 Å². The minimum absolute atomic E-state index is 0.00524. The molecule has 2 aromatic carbocycles. The minimum atomic E-state index is -0.00524. The molecule has 1 amide bonds. The molecule has 1 atom stereocenters. The van der Waals surface area contributed by atoms with Gasteiger partial charge >= 0.3 is 0 Å². The smallest absolute Gasteiger partial charge is 0.257 e. The van der Waals surface area contributed by atoms with E-state index in [0.29, 0.717) is 23.6 Å². The van der Waals surface area contributed by atoms with Crippen LogP contribution in [0.4, 0.5) is 0 Å². The fraction of sp³-hybridized carbons (Fsp3) is 0.240. The summed E-state index contributed by atoms with van der Waals surface area (Å²) in [5, 5.41) is 7.93. The summed E-state index contributed by atoms with van der Waals surface area (Å²) in [5.74, 6) is 0.972. The van der Waals surface area contributed by atoms with E-state index >= 15 is 0 Å². The number of aromatic nitrogens is 3. The summed E-state index contributed by atoms with van der Waals surface area (Å²) < 4.78 is 7.35. The third kappa shape index (κ3) is 3.91. The molecule has 0 bridgehead atoms. The Labute approximate surface area is 191 Å². The number of rotatable bonds is 5. The van der Waals surface area contributed by atoms with Gasteiger partial charge in [-0.3, -0.25) is 4.79 Å². The molecule has 2 aromatic heterocycles. The zero-order valence-corrected chi connectivity index (χ0v) is 18.7. The van der Waals surface area contributed by atoms with Crippen molar-refractivity contribution in [2.45, 2.75) is 18.8 Å². The predicted octanol–water partition coefficient (Wildman–Crippen LogP) is 5.02. The van der Waals surface area contributed by atoms with E-state index < -0.39 is 0 Å². The number of para-hydroxylation sites is 2. The van der Waals surface area contributed by atoms with E-state index in [2.05, 4.69) is 4.98 Å². The molecule has 32 heavy (non-hydrogen) atoms. The molecule has 1 saturated heterocycles. The van der Waals surface area contributed by atoms with Gasteiger partial charge in [-0.1, -0.05) is 30.3 Å². The molecule has 0 N–H and O–H groups in total. The number of nitrogens with zero attached hydrogens (tertiary/aromatic N) is 4. The van der Waals surface area contributed by atoms with Crippen molar-refractivity contribution in [2.75, 3.05) is 20.2 Å². The van der Waals surface area contributed by atoms with Gasteiger partial charge in [-0.25, -0.2) is 9.67 Å². The largest absolute Gasteiger partial charge is 0.496 e. The van der Waals surface area contributed by atoms with Crippen LogP contribution in [0.15, 0.2) is 72.4 Å². The van der Waals surface area contributed by atoms with Crippen LogP contribution in [0.5, 0.6) is 5.75 Å². The van der Waals surface area contributed by atoms with Crippen LogP contribution in [0.25, 0.3) is 16.9 Å². The van der Waals surface area contributed by atoms with Crippen molar-refractivity contribution in [3.05, 3.63) is 82.9 Å². The first-order valence-corrected chi connectivity index (χ1v) is 11.6. The number of carbonyl (C=O) groups is 1. The van der Waals surface area contributed by atoms with Crippen molar-refractivity contribution in [3.8, 4) is 22.7 Å². The molecule has 4 aromatic rings. The second-order valence-electron chi connectivity index (χ2n) is 7.83. The molecule has 3 heterocycles. The Kier molecular flexibility index (Phi) is 5.73. The van der Waals surface area contributed by atoms with Gasteiger partial charge in [-0.2, -0.15) is 5.10 Å². The highest BCUT2D eigenvalue weighted by Crippen LogP contribution is 2.34. The highest BCUT2D eigenvalue weighted by atomic mass is 32.1. The first kappa shape index (κ1) is 20.5. The summed E-state index contributed by atoms with van der Waals surface area (Å²) >= 11 is 1.66. The maximum atomic E-state index is 13.8. The summed E-state index contributed by atoms with van der Waals surface area (Å²) in [4.78, 5) is 20.2. The molecule has 162 valence electrons. The molecule has 1 aliphatic rings. The Hall–Kier alpha value is -3.45. The van der Waals surface area contributed by atoms with Crippen molar-refractivity contribution in [2.24, 2.45) is 0 Å². The molecule has 0 spiro atoms. The van der Waals surface area contributed by atoms with E-state index in [1.54, 1.807) is 23.1 Å². The summed E-state index contributed by atoms with van der Waals surface area (Å²) in [7, 11) is 1.64. The molecule has 6 nitrogen and oxygen atoms in total. The number of thiazole rings is 1. The average molecular weight is 445 g/mol. The maximum Gasteiger partial charge on any atom is 0.257 e. The monoisotopic (exact) mass is 444 g/mol. The second kappa shape index (κ2) is 8.96. The molecule has 7 heteroatoms.